The van der Waals surface area contributed by atoms with Crippen molar-refractivity contribution < 1.29 is 4.39 Å². The molecule has 1 aromatic heterocycles. The first kappa shape index (κ1) is 13.4. The average Bonchev–Trinajstić information content (AvgIpc) is 2.41. The first-order valence-corrected chi connectivity index (χ1v) is 6.31. The monoisotopic (exact) mass is 275 g/mol. The molecule has 0 saturated carbocycles. The highest BCUT2D eigenvalue weighted by Gasteiger charge is 2.06. The molecule has 0 aliphatic carbocycles. The van der Waals surface area contributed by atoms with Gasteiger partial charge < -0.3 is 11.1 Å². The zero-order valence-corrected chi connectivity index (χ0v) is 11.1. The van der Waals surface area contributed by atoms with Gasteiger partial charge in [0.05, 0.1) is 5.69 Å². The lowest BCUT2D eigenvalue weighted by Gasteiger charge is -2.10. The smallest absolute Gasteiger partial charge is 0.126 e. The SMILES string of the molecule is NC(=S)c1ncccc1NCCc1ccccc1F. The van der Waals surface area contributed by atoms with Crippen molar-refractivity contribution in [2.45, 2.75) is 6.42 Å². The molecule has 19 heavy (non-hydrogen) atoms. The van der Waals surface area contributed by atoms with Crippen LogP contribution in [-0.2, 0) is 6.42 Å². The van der Waals surface area contributed by atoms with Gasteiger partial charge in [0.15, 0.2) is 0 Å². The number of thiocarbonyl (C=S) groups is 1. The molecule has 0 unspecified atom stereocenters. The summed E-state index contributed by atoms with van der Waals surface area (Å²) in [5.74, 6) is -0.190. The number of pyridine rings is 1. The Hall–Kier alpha value is -2.01. The standard InChI is InChI=1S/C14H14FN3S/c15-11-5-2-1-4-10(11)7-9-17-12-6-3-8-18-13(12)14(16)19/h1-6,8,17H,7,9H2,(H2,16,19). The van der Waals surface area contributed by atoms with Crippen LogP contribution in [0.4, 0.5) is 10.1 Å². The Kier molecular flexibility index (Phi) is 4.41. The van der Waals surface area contributed by atoms with E-state index in [2.05, 4.69) is 10.3 Å². The second kappa shape index (κ2) is 6.24. The summed E-state index contributed by atoms with van der Waals surface area (Å²) in [4.78, 5) is 4.36. The van der Waals surface area contributed by atoms with Gasteiger partial charge in [-0.2, -0.15) is 0 Å². The zero-order valence-electron chi connectivity index (χ0n) is 10.3. The fourth-order valence-electron chi connectivity index (χ4n) is 1.78. The van der Waals surface area contributed by atoms with Crippen LogP contribution in [0, 0.1) is 5.82 Å². The molecule has 3 nitrogen and oxygen atoms in total. The lowest BCUT2D eigenvalue weighted by molar-refractivity contribution is 0.610. The summed E-state index contributed by atoms with van der Waals surface area (Å²) < 4.78 is 13.4. The first-order chi connectivity index (χ1) is 9.18. The van der Waals surface area contributed by atoms with Crippen molar-refractivity contribution in [3.05, 3.63) is 59.7 Å². The number of rotatable bonds is 5. The lowest BCUT2D eigenvalue weighted by Crippen LogP contribution is -2.16. The minimum atomic E-state index is -0.190. The summed E-state index contributed by atoms with van der Waals surface area (Å²) in [5.41, 5.74) is 7.60. The van der Waals surface area contributed by atoms with Crippen LogP contribution in [0.3, 0.4) is 0 Å². The van der Waals surface area contributed by atoms with E-state index in [-0.39, 0.29) is 10.8 Å². The van der Waals surface area contributed by atoms with Gasteiger partial charge >= 0.3 is 0 Å². The third-order valence-electron chi connectivity index (χ3n) is 2.71. The molecule has 0 amide bonds. The summed E-state index contributed by atoms with van der Waals surface area (Å²) in [6.07, 6.45) is 2.22. The van der Waals surface area contributed by atoms with Gasteiger partial charge in [-0.3, -0.25) is 4.98 Å². The van der Waals surface area contributed by atoms with E-state index < -0.39 is 0 Å². The molecule has 0 spiro atoms. The molecule has 5 heteroatoms. The van der Waals surface area contributed by atoms with Crippen molar-refractivity contribution in [3.8, 4) is 0 Å². The van der Waals surface area contributed by atoms with Crippen molar-refractivity contribution >= 4 is 22.9 Å². The summed E-state index contributed by atoms with van der Waals surface area (Å²) in [7, 11) is 0. The highest BCUT2D eigenvalue weighted by Crippen LogP contribution is 2.13. The van der Waals surface area contributed by atoms with Gasteiger partial charge in [0.25, 0.3) is 0 Å². The molecule has 0 saturated heterocycles. The Labute approximate surface area is 116 Å². The maximum Gasteiger partial charge on any atom is 0.126 e. The van der Waals surface area contributed by atoms with Crippen LogP contribution in [0.25, 0.3) is 0 Å². The van der Waals surface area contributed by atoms with Gasteiger partial charge in [0, 0.05) is 12.7 Å². The molecule has 1 heterocycles. The molecule has 0 bridgehead atoms. The molecule has 0 aliphatic heterocycles. The molecule has 98 valence electrons. The van der Waals surface area contributed by atoms with E-state index in [4.69, 9.17) is 18.0 Å². The Morgan fingerprint density at radius 2 is 2.05 bits per heavy atom. The molecule has 0 atom stereocenters. The van der Waals surface area contributed by atoms with Crippen LogP contribution in [0.1, 0.15) is 11.3 Å². The fourth-order valence-corrected chi connectivity index (χ4v) is 1.94. The van der Waals surface area contributed by atoms with E-state index in [9.17, 15) is 4.39 Å². The van der Waals surface area contributed by atoms with Crippen molar-refractivity contribution in [1.82, 2.24) is 4.98 Å². The van der Waals surface area contributed by atoms with E-state index in [0.29, 0.717) is 24.2 Å². The molecule has 0 radical (unpaired) electrons. The number of aromatic nitrogens is 1. The Morgan fingerprint density at radius 3 is 2.79 bits per heavy atom. The van der Waals surface area contributed by atoms with Crippen LogP contribution in [-0.4, -0.2) is 16.5 Å². The molecule has 2 aromatic rings. The van der Waals surface area contributed by atoms with Gasteiger partial charge in [-0.25, -0.2) is 4.39 Å². The number of anilines is 1. The van der Waals surface area contributed by atoms with Crippen LogP contribution < -0.4 is 11.1 Å². The minimum Gasteiger partial charge on any atom is -0.388 e. The van der Waals surface area contributed by atoms with E-state index in [0.717, 1.165) is 5.69 Å². The van der Waals surface area contributed by atoms with Crippen molar-refractivity contribution in [3.63, 3.8) is 0 Å². The van der Waals surface area contributed by atoms with Crippen molar-refractivity contribution in [2.24, 2.45) is 5.73 Å². The Bertz CT molecular complexity index is 586. The third kappa shape index (κ3) is 3.48. The van der Waals surface area contributed by atoms with E-state index >= 15 is 0 Å². The van der Waals surface area contributed by atoms with Crippen molar-refractivity contribution in [1.29, 1.82) is 0 Å². The summed E-state index contributed by atoms with van der Waals surface area (Å²) in [6, 6.07) is 10.4. The summed E-state index contributed by atoms with van der Waals surface area (Å²) in [6.45, 7) is 0.586. The highest BCUT2D eigenvalue weighted by atomic mass is 32.1. The Balaban J connectivity index is 2.00. The quantitative estimate of drug-likeness (QED) is 0.823. The van der Waals surface area contributed by atoms with Gasteiger partial charge in [0.1, 0.15) is 16.5 Å². The number of hydrogen-bond acceptors (Lipinski definition) is 3. The van der Waals surface area contributed by atoms with Gasteiger partial charge in [0.2, 0.25) is 0 Å². The number of nitrogens with one attached hydrogen (secondary N) is 1. The third-order valence-corrected chi connectivity index (χ3v) is 2.90. The van der Waals surface area contributed by atoms with Crippen LogP contribution in [0.15, 0.2) is 42.6 Å². The highest BCUT2D eigenvalue weighted by molar-refractivity contribution is 7.80. The lowest BCUT2D eigenvalue weighted by atomic mass is 10.1. The van der Waals surface area contributed by atoms with Crippen LogP contribution in [0.2, 0.25) is 0 Å². The molecular formula is C14H14FN3S. The topological polar surface area (TPSA) is 50.9 Å². The molecule has 3 N–H and O–H groups in total. The molecule has 2 rings (SSSR count). The second-order valence-electron chi connectivity index (χ2n) is 4.03. The van der Waals surface area contributed by atoms with E-state index in [1.54, 1.807) is 24.4 Å². The normalized spacial score (nSPS) is 10.2. The molecule has 0 aliphatic rings. The van der Waals surface area contributed by atoms with Gasteiger partial charge in [-0.15, -0.1) is 0 Å². The number of halogens is 1. The predicted octanol–water partition coefficient (Wildman–Crippen LogP) is 2.51. The van der Waals surface area contributed by atoms with E-state index in [1.165, 1.54) is 6.07 Å². The van der Waals surface area contributed by atoms with Crippen molar-refractivity contribution in [2.75, 3.05) is 11.9 Å². The minimum absolute atomic E-state index is 0.190. The number of nitrogens with zero attached hydrogens (tertiary/aromatic N) is 1. The molecular weight excluding hydrogens is 261 g/mol. The largest absolute Gasteiger partial charge is 0.388 e. The molecule has 0 fully saturated rings. The fraction of sp³-hybridized carbons (Fsp3) is 0.143. The van der Waals surface area contributed by atoms with Gasteiger partial charge in [-0.05, 0) is 30.2 Å². The van der Waals surface area contributed by atoms with Crippen LogP contribution in [0.5, 0.6) is 0 Å². The van der Waals surface area contributed by atoms with Gasteiger partial charge in [-0.1, -0.05) is 30.4 Å². The number of hydrogen-bond donors (Lipinski definition) is 2. The second-order valence-corrected chi connectivity index (χ2v) is 4.47. The number of benzene rings is 1. The Morgan fingerprint density at radius 1 is 1.26 bits per heavy atom. The summed E-state index contributed by atoms with van der Waals surface area (Å²) >= 11 is 4.93. The summed E-state index contributed by atoms with van der Waals surface area (Å²) in [5, 5.41) is 3.17. The van der Waals surface area contributed by atoms with E-state index in [1.807, 2.05) is 12.1 Å². The first-order valence-electron chi connectivity index (χ1n) is 5.90. The predicted molar refractivity (Wildman–Crippen MR) is 78.7 cm³/mol. The average molecular weight is 275 g/mol. The van der Waals surface area contributed by atoms with Crippen LogP contribution >= 0.6 is 12.2 Å². The maximum atomic E-state index is 13.4. The zero-order chi connectivity index (χ0) is 13.7. The number of nitrogens with two attached hydrogens (primary N) is 1. The maximum absolute atomic E-state index is 13.4. The molecule has 1 aromatic carbocycles.